The van der Waals surface area contributed by atoms with Gasteiger partial charge in [0, 0.05) is 53.0 Å². The lowest BCUT2D eigenvalue weighted by molar-refractivity contribution is -0.941. The quantitative estimate of drug-likeness (QED) is 0.0424. The number of β-lactam (4-membered cyclic amide) rings is 1. The van der Waals surface area contributed by atoms with Crippen LogP contribution in [0, 0.1) is 5.41 Å². The molecule has 20 heteroatoms. The number of carbonyl (C=O) groups is 4. The van der Waals surface area contributed by atoms with E-state index >= 15 is 0 Å². The Morgan fingerprint density at radius 1 is 1.12 bits per heavy atom. The predicted octanol–water partition coefficient (Wildman–Crippen LogP) is 1.09. The number of aromatic hydroxyl groups is 2. The highest BCUT2D eigenvalue weighted by Gasteiger charge is 2.58. The minimum absolute atomic E-state index is 0.0430. The van der Waals surface area contributed by atoms with Crippen molar-refractivity contribution in [1.82, 2.24) is 20.5 Å². The lowest BCUT2D eigenvalue weighted by Gasteiger charge is -2.56. The van der Waals surface area contributed by atoms with Gasteiger partial charge in [-0.3, -0.25) is 19.3 Å². The van der Waals surface area contributed by atoms with Gasteiger partial charge in [0.15, 0.2) is 28.1 Å². The Morgan fingerprint density at radius 2 is 1.78 bits per heavy atom. The zero-order valence-electron chi connectivity index (χ0n) is 26.5. The number of rotatable bonds is 10. The van der Waals surface area contributed by atoms with E-state index in [2.05, 4.69) is 25.9 Å². The van der Waals surface area contributed by atoms with Gasteiger partial charge in [0.05, 0.1) is 24.7 Å². The lowest BCUT2D eigenvalue weighted by Crippen LogP contribution is -2.72. The van der Waals surface area contributed by atoms with Gasteiger partial charge in [-0.05, 0) is 19.1 Å². The van der Waals surface area contributed by atoms with Crippen LogP contribution in [0.5, 0.6) is 11.5 Å². The van der Waals surface area contributed by atoms with Crippen LogP contribution in [0.15, 0.2) is 39.1 Å². The average molecular weight is 750 g/mol. The van der Waals surface area contributed by atoms with Gasteiger partial charge in [0.1, 0.15) is 29.4 Å². The summed E-state index contributed by atoms with van der Waals surface area (Å²) in [5.74, 6) is -4.50. The van der Waals surface area contributed by atoms with Gasteiger partial charge in [-0.2, -0.15) is 0 Å². The standard InChI is InChI=1S/C30H33ClN8O9S2/c1-13-15(22(28(45)46)38-26(44)21(27(38)50-13)35-25(43)20(37-48)16-11-49-29(32)34-16)10-39-7-4-30(5-8-39,6-9-39)12-33-24(42)19(36-47)14-2-3-17(40)23(41)18(14)31/h2-3,11,13,21,27H,4-10,12H2,1H3,(H8-,32,33,34,35,36,37,40,41,42,43,45,46,47,48)/p+1/t13-,21+,27+,30?,39?/m0/s1. The predicted molar refractivity (Wildman–Crippen MR) is 181 cm³/mol. The minimum Gasteiger partial charge on any atom is -0.504 e. The molecule has 0 saturated carbocycles. The highest BCUT2D eigenvalue weighted by Crippen LogP contribution is 2.48. The van der Waals surface area contributed by atoms with E-state index in [4.69, 9.17) is 17.3 Å². The Balaban J connectivity index is 1.11. The highest BCUT2D eigenvalue weighted by molar-refractivity contribution is 8.00. The number of phenols is 2. The summed E-state index contributed by atoms with van der Waals surface area (Å²) in [4.78, 5) is 57.1. The Hall–Kier alpha value is -4.59. The molecule has 4 saturated heterocycles. The van der Waals surface area contributed by atoms with Crippen LogP contribution < -0.4 is 16.4 Å². The number of carbonyl (C=O) groups excluding carboxylic acids is 3. The first-order valence-corrected chi connectivity index (χ1v) is 17.7. The molecule has 50 heavy (non-hydrogen) atoms. The number of amides is 3. The molecule has 9 N–H and O–H groups in total. The van der Waals surface area contributed by atoms with Crippen molar-refractivity contribution in [2.45, 2.75) is 42.9 Å². The molecule has 4 fully saturated rings. The van der Waals surface area contributed by atoms with Crippen LogP contribution in [-0.2, 0) is 19.2 Å². The fourth-order valence-corrected chi connectivity index (χ4v) is 9.42. The van der Waals surface area contributed by atoms with E-state index < -0.39 is 58.0 Å². The third-order valence-corrected chi connectivity index (χ3v) is 12.6. The third-order valence-electron chi connectivity index (χ3n) is 10.1. The number of fused-ring (bicyclic) bond motifs is 4. The number of nitrogens with one attached hydrogen (secondary N) is 2. The van der Waals surface area contributed by atoms with Gasteiger partial charge in [0.25, 0.3) is 17.7 Å². The summed E-state index contributed by atoms with van der Waals surface area (Å²) >= 11 is 8.49. The molecular weight excluding hydrogens is 716 g/mol. The number of piperidine rings is 3. The van der Waals surface area contributed by atoms with Crippen molar-refractivity contribution >= 4 is 74.9 Å². The number of benzene rings is 1. The number of phenolic OH excluding ortho intramolecular Hbond substituents is 2. The first-order chi connectivity index (χ1) is 23.7. The second-order valence-corrected chi connectivity index (χ2v) is 15.6. The summed E-state index contributed by atoms with van der Waals surface area (Å²) in [6, 6.07) is 1.35. The maximum atomic E-state index is 13.3. The van der Waals surface area contributed by atoms with Crippen LogP contribution in [0.4, 0.5) is 5.13 Å². The van der Waals surface area contributed by atoms with Crippen LogP contribution in [0.1, 0.15) is 37.4 Å². The molecule has 6 heterocycles. The van der Waals surface area contributed by atoms with Crippen molar-refractivity contribution in [2.75, 3.05) is 38.5 Å². The van der Waals surface area contributed by atoms with Crippen molar-refractivity contribution in [3.05, 3.63) is 45.1 Å². The van der Waals surface area contributed by atoms with E-state index in [1.165, 1.54) is 28.1 Å². The Bertz CT molecular complexity index is 1860. The summed E-state index contributed by atoms with van der Waals surface area (Å²) in [5.41, 5.74) is 5.10. The number of hydrogen-bond acceptors (Lipinski definition) is 14. The fraction of sp³-hybridized carbons (Fsp3) is 0.433. The molecule has 0 radical (unpaired) electrons. The largest absolute Gasteiger partial charge is 0.504 e. The number of aromatic nitrogens is 1. The second-order valence-electron chi connectivity index (χ2n) is 12.9. The number of halogens is 1. The Morgan fingerprint density at radius 3 is 2.36 bits per heavy atom. The number of carboxylic acids is 1. The number of carboxylic acid groups (broad SMARTS) is 1. The summed E-state index contributed by atoms with van der Waals surface area (Å²) in [5, 5.41) is 60.8. The van der Waals surface area contributed by atoms with Crippen LogP contribution in [0.2, 0.25) is 5.02 Å². The van der Waals surface area contributed by atoms with Crippen molar-refractivity contribution in [2.24, 2.45) is 15.7 Å². The molecule has 1 aromatic heterocycles. The van der Waals surface area contributed by atoms with Gasteiger partial charge in [-0.1, -0.05) is 21.9 Å². The van der Waals surface area contributed by atoms with E-state index in [1.807, 2.05) is 6.92 Å². The second kappa shape index (κ2) is 13.3. The van der Waals surface area contributed by atoms with Crippen LogP contribution in [-0.4, -0.2) is 125 Å². The maximum absolute atomic E-state index is 13.3. The van der Waals surface area contributed by atoms with E-state index in [1.54, 1.807) is 0 Å². The summed E-state index contributed by atoms with van der Waals surface area (Å²) in [6.07, 6.45) is 2.20. The summed E-state index contributed by atoms with van der Waals surface area (Å²) in [6.45, 7) is 4.72. The number of thioether (sulfide) groups is 1. The first-order valence-electron chi connectivity index (χ1n) is 15.5. The van der Waals surface area contributed by atoms with Crippen molar-refractivity contribution < 1.29 is 49.4 Å². The summed E-state index contributed by atoms with van der Waals surface area (Å²) in [7, 11) is 0. The van der Waals surface area contributed by atoms with Gasteiger partial charge in [-0.15, -0.1) is 23.1 Å². The number of nitrogens with zero attached hydrogens (tertiary/aromatic N) is 5. The number of thiazole rings is 1. The summed E-state index contributed by atoms with van der Waals surface area (Å²) < 4.78 is 0.623. The lowest BCUT2D eigenvalue weighted by atomic mass is 9.70. The molecule has 5 aliphatic heterocycles. The third kappa shape index (κ3) is 6.07. The minimum atomic E-state index is -1.24. The van der Waals surface area contributed by atoms with Gasteiger partial charge in [0.2, 0.25) is 0 Å². The molecule has 0 unspecified atom stereocenters. The number of quaternary nitrogens is 1. The van der Waals surface area contributed by atoms with Crippen LogP contribution in [0.25, 0.3) is 0 Å². The highest BCUT2D eigenvalue weighted by atomic mass is 35.5. The molecule has 2 bridgehead atoms. The van der Waals surface area contributed by atoms with Crippen molar-refractivity contribution in [1.29, 1.82) is 0 Å². The molecule has 5 aliphatic rings. The van der Waals surface area contributed by atoms with E-state index in [9.17, 15) is 44.9 Å². The molecule has 3 atom stereocenters. The van der Waals surface area contributed by atoms with Gasteiger partial charge >= 0.3 is 5.97 Å². The first kappa shape index (κ1) is 35.2. The number of hydrogen-bond donors (Lipinski definition) is 8. The normalized spacial score (nSPS) is 27.8. The number of nitrogens with two attached hydrogens (primary N) is 1. The molecule has 7 rings (SSSR count). The molecule has 266 valence electrons. The van der Waals surface area contributed by atoms with Crippen LogP contribution >= 0.6 is 34.7 Å². The molecule has 3 amide bonds. The van der Waals surface area contributed by atoms with Crippen molar-refractivity contribution in [3.8, 4) is 11.5 Å². The van der Waals surface area contributed by atoms with E-state index in [0.29, 0.717) is 36.2 Å². The Labute approximate surface area is 297 Å². The molecule has 1 aromatic carbocycles. The SMILES string of the molecule is C[C@@H]1S[C@@H]2[C@H](NC(=O)/C(=N\O)c3csc(N)n3)C(=O)N2C(C(=O)O)=C1C[N+]12CCC(CNC(=O)/C(=N/O)c3ccc(O)c(O)c3Cl)(CC1)CC2. The fourth-order valence-electron chi connectivity index (χ4n) is 7.18. The molecule has 0 aliphatic carbocycles. The molecular formula is C30H34ClN8O9S2+. The zero-order chi connectivity index (χ0) is 36.1. The van der Waals surface area contributed by atoms with E-state index in [-0.39, 0.29) is 44.3 Å². The number of aliphatic carboxylic acids is 1. The van der Waals surface area contributed by atoms with Crippen molar-refractivity contribution in [3.63, 3.8) is 0 Å². The smallest absolute Gasteiger partial charge is 0.352 e. The monoisotopic (exact) mass is 749 g/mol. The van der Waals surface area contributed by atoms with E-state index in [0.717, 1.165) is 36.7 Å². The van der Waals surface area contributed by atoms with Gasteiger partial charge < -0.3 is 46.6 Å². The Kier molecular flexibility index (Phi) is 9.35. The average Bonchev–Trinajstić information content (AvgIpc) is 3.53. The molecule has 0 spiro atoms. The number of anilines is 1. The number of nitrogen functional groups attached to an aromatic ring is 1. The topological polar surface area (TPSA) is 260 Å². The maximum Gasteiger partial charge on any atom is 0.352 e. The molecule has 2 aromatic rings. The number of oxime groups is 2. The van der Waals surface area contributed by atoms with Crippen LogP contribution in [0.3, 0.4) is 0 Å². The molecule has 17 nitrogen and oxygen atoms in total. The zero-order valence-corrected chi connectivity index (χ0v) is 28.9. The van der Waals surface area contributed by atoms with Gasteiger partial charge in [-0.25, -0.2) is 9.78 Å².